The lowest BCUT2D eigenvalue weighted by Gasteiger charge is -2.24. The van der Waals surface area contributed by atoms with Crippen molar-refractivity contribution >= 4 is 0 Å². The van der Waals surface area contributed by atoms with Crippen LogP contribution in [0.15, 0.2) is 35.9 Å². The second kappa shape index (κ2) is 7.04. The maximum Gasteiger partial charge on any atom is 0.123 e. The highest BCUT2D eigenvalue weighted by Gasteiger charge is 2.31. The van der Waals surface area contributed by atoms with Gasteiger partial charge in [0.05, 0.1) is 0 Å². The molecule has 0 spiro atoms. The number of unbranched alkanes of at least 4 members (excludes halogenated alkanes) is 2. The van der Waals surface area contributed by atoms with Crippen LogP contribution in [-0.2, 0) is 6.42 Å². The maximum atomic E-state index is 10.5. The molecule has 0 heterocycles. The van der Waals surface area contributed by atoms with Crippen LogP contribution in [0.2, 0.25) is 0 Å². The summed E-state index contributed by atoms with van der Waals surface area (Å²) < 4.78 is 0. The van der Waals surface area contributed by atoms with Gasteiger partial charge >= 0.3 is 0 Å². The molecule has 22 heavy (non-hydrogen) atoms. The molecule has 1 aliphatic rings. The monoisotopic (exact) mass is 300 g/mol. The van der Waals surface area contributed by atoms with E-state index >= 15 is 0 Å². The first-order valence-corrected chi connectivity index (χ1v) is 8.31. The fourth-order valence-electron chi connectivity index (χ4n) is 3.57. The Morgan fingerprint density at radius 3 is 2.64 bits per heavy atom. The third-order valence-electron chi connectivity index (χ3n) is 4.68. The molecule has 2 nitrogen and oxygen atoms in total. The summed E-state index contributed by atoms with van der Waals surface area (Å²) in [4.78, 5) is 0. The Hall–Kier alpha value is -1.70. The van der Waals surface area contributed by atoms with Crippen molar-refractivity contribution in [1.82, 2.24) is 0 Å². The van der Waals surface area contributed by atoms with Gasteiger partial charge in [0.1, 0.15) is 11.5 Å². The zero-order chi connectivity index (χ0) is 16.3. The lowest BCUT2D eigenvalue weighted by Crippen LogP contribution is -2.10. The van der Waals surface area contributed by atoms with Crippen molar-refractivity contribution in [2.75, 3.05) is 0 Å². The fraction of sp³-hybridized carbons (Fsp3) is 0.500. The Bertz CT molecular complexity index is 584. The second-order valence-electron chi connectivity index (χ2n) is 6.69. The molecule has 0 saturated heterocycles. The third kappa shape index (κ3) is 3.55. The molecule has 0 aromatic heterocycles. The van der Waals surface area contributed by atoms with Crippen LogP contribution in [0.5, 0.6) is 11.5 Å². The lowest BCUT2D eigenvalue weighted by atomic mass is 9.81. The molecule has 0 unspecified atom stereocenters. The Labute approximate surface area is 134 Å². The maximum absolute atomic E-state index is 10.5. The molecule has 2 atom stereocenters. The topological polar surface area (TPSA) is 40.5 Å². The number of rotatable bonds is 6. The van der Waals surface area contributed by atoms with E-state index in [-0.39, 0.29) is 17.4 Å². The van der Waals surface area contributed by atoms with Crippen LogP contribution in [-0.4, -0.2) is 10.2 Å². The average Bonchev–Trinajstić information content (AvgIpc) is 2.80. The minimum Gasteiger partial charge on any atom is -0.508 e. The van der Waals surface area contributed by atoms with E-state index in [1.807, 2.05) is 6.07 Å². The van der Waals surface area contributed by atoms with Gasteiger partial charge in [0.15, 0.2) is 0 Å². The first-order chi connectivity index (χ1) is 10.4. The highest BCUT2D eigenvalue weighted by Crippen LogP contribution is 2.46. The predicted molar refractivity (Wildman–Crippen MR) is 92.4 cm³/mol. The van der Waals surface area contributed by atoms with Gasteiger partial charge in [0.2, 0.25) is 0 Å². The Morgan fingerprint density at radius 1 is 1.27 bits per heavy atom. The molecule has 120 valence electrons. The second-order valence-corrected chi connectivity index (χ2v) is 6.69. The van der Waals surface area contributed by atoms with E-state index in [1.165, 1.54) is 18.1 Å². The molecule has 2 N–H and O–H groups in total. The minimum atomic E-state index is 0.151. The number of hydrogen-bond donors (Lipinski definition) is 2. The van der Waals surface area contributed by atoms with Gasteiger partial charge in [-0.15, -0.1) is 0 Å². The van der Waals surface area contributed by atoms with Crippen molar-refractivity contribution in [3.05, 3.63) is 47.1 Å². The summed E-state index contributed by atoms with van der Waals surface area (Å²) in [6.45, 7) is 10.5. The summed E-state index contributed by atoms with van der Waals surface area (Å²) in [5, 5.41) is 20.3. The quantitative estimate of drug-likeness (QED) is 0.541. The normalized spacial score (nSPS) is 21.0. The molecule has 1 aromatic rings. The summed E-state index contributed by atoms with van der Waals surface area (Å²) in [5.41, 5.74) is 4.57. The van der Waals surface area contributed by atoms with E-state index in [2.05, 4.69) is 33.4 Å². The van der Waals surface area contributed by atoms with Crippen molar-refractivity contribution in [3.8, 4) is 11.5 Å². The highest BCUT2D eigenvalue weighted by molar-refractivity contribution is 5.51. The molecule has 1 aliphatic carbocycles. The van der Waals surface area contributed by atoms with E-state index in [4.69, 9.17) is 0 Å². The molecule has 2 rings (SSSR count). The van der Waals surface area contributed by atoms with Crippen molar-refractivity contribution in [1.29, 1.82) is 0 Å². The van der Waals surface area contributed by atoms with E-state index in [1.54, 1.807) is 0 Å². The Kier molecular flexibility index (Phi) is 5.33. The first-order valence-electron chi connectivity index (χ1n) is 8.31. The zero-order valence-electron chi connectivity index (χ0n) is 14.0. The number of phenolic OH excluding ortho intramolecular Hbond substituents is 2. The summed E-state index contributed by atoms with van der Waals surface area (Å²) in [5.74, 6) is 0.891. The Balaban J connectivity index is 2.41. The van der Waals surface area contributed by atoms with Gasteiger partial charge < -0.3 is 10.2 Å². The zero-order valence-corrected chi connectivity index (χ0v) is 14.0. The van der Waals surface area contributed by atoms with Gasteiger partial charge in [-0.3, -0.25) is 0 Å². The number of hydrogen-bond acceptors (Lipinski definition) is 2. The summed E-state index contributed by atoms with van der Waals surface area (Å²) >= 11 is 0. The SMILES string of the molecule is C=C(C)[C@@H]1CC(C)=C[C@H]1c1c(O)cc(O)cc1CCCCC. The van der Waals surface area contributed by atoms with Crippen LogP contribution in [0, 0.1) is 5.92 Å². The van der Waals surface area contributed by atoms with Crippen LogP contribution in [0.3, 0.4) is 0 Å². The molecular formula is C20H28O2. The van der Waals surface area contributed by atoms with Crippen molar-refractivity contribution in [3.63, 3.8) is 0 Å². The molecule has 2 heteroatoms. The van der Waals surface area contributed by atoms with E-state index in [0.29, 0.717) is 5.92 Å². The number of phenols is 2. The van der Waals surface area contributed by atoms with Crippen molar-refractivity contribution in [2.45, 2.75) is 58.8 Å². The van der Waals surface area contributed by atoms with Crippen LogP contribution < -0.4 is 0 Å². The standard InChI is InChI=1S/C20H28O2/c1-5-6-7-8-15-11-16(21)12-19(22)20(15)18-10-14(4)9-17(18)13(2)3/h10-12,17-18,21-22H,2,5-9H2,1,3-4H3/t17-,18+/m0/s1. The molecule has 0 radical (unpaired) electrons. The average molecular weight is 300 g/mol. The third-order valence-corrected chi connectivity index (χ3v) is 4.68. The molecule has 0 saturated carbocycles. The van der Waals surface area contributed by atoms with Crippen LogP contribution in [0.4, 0.5) is 0 Å². The molecule has 0 aliphatic heterocycles. The van der Waals surface area contributed by atoms with Gasteiger partial charge in [-0.2, -0.15) is 0 Å². The molecule has 0 amide bonds. The van der Waals surface area contributed by atoms with Gasteiger partial charge in [-0.1, -0.05) is 43.6 Å². The van der Waals surface area contributed by atoms with Crippen molar-refractivity contribution in [2.24, 2.45) is 5.92 Å². The van der Waals surface area contributed by atoms with Gasteiger partial charge in [0, 0.05) is 17.5 Å². The van der Waals surface area contributed by atoms with Crippen LogP contribution in [0.1, 0.15) is 63.5 Å². The van der Waals surface area contributed by atoms with E-state index in [0.717, 1.165) is 42.4 Å². The number of aryl methyl sites for hydroxylation is 1. The number of aromatic hydroxyl groups is 2. The van der Waals surface area contributed by atoms with E-state index in [9.17, 15) is 10.2 Å². The van der Waals surface area contributed by atoms with Gasteiger partial charge in [-0.25, -0.2) is 0 Å². The van der Waals surface area contributed by atoms with Gasteiger partial charge in [-0.05, 0) is 50.7 Å². The highest BCUT2D eigenvalue weighted by atomic mass is 16.3. The number of allylic oxidation sites excluding steroid dienone is 3. The largest absolute Gasteiger partial charge is 0.508 e. The smallest absolute Gasteiger partial charge is 0.123 e. The summed E-state index contributed by atoms with van der Waals surface area (Å²) in [6.07, 6.45) is 7.58. The minimum absolute atomic E-state index is 0.151. The number of benzene rings is 1. The summed E-state index contributed by atoms with van der Waals surface area (Å²) in [6, 6.07) is 3.29. The molecular weight excluding hydrogens is 272 g/mol. The summed E-state index contributed by atoms with van der Waals surface area (Å²) in [7, 11) is 0. The Morgan fingerprint density at radius 2 is 2.00 bits per heavy atom. The fourth-order valence-corrected chi connectivity index (χ4v) is 3.57. The molecule has 0 fully saturated rings. The molecule has 0 bridgehead atoms. The lowest BCUT2D eigenvalue weighted by molar-refractivity contribution is 0.436. The van der Waals surface area contributed by atoms with Crippen LogP contribution in [0.25, 0.3) is 0 Å². The molecule has 1 aromatic carbocycles. The van der Waals surface area contributed by atoms with Gasteiger partial charge in [0.25, 0.3) is 0 Å². The first kappa shape index (κ1) is 16.7. The van der Waals surface area contributed by atoms with Crippen LogP contribution >= 0.6 is 0 Å². The predicted octanol–water partition coefficient (Wildman–Crippen LogP) is 5.46. The van der Waals surface area contributed by atoms with Crippen molar-refractivity contribution < 1.29 is 10.2 Å². The van der Waals surface area contributed by atoms with E-state index < -0.39 is 0 Å².